The molecule has 1 aliphatic rings. The van der Waals surface area contributed by atoms with Gasteiger partial charge in [-0.15, -0.1) is 0 Å². The van der Waals surface area contributed by atoms with E-state index in [0.29, 0.717) is 6.42 Å². The first-order chi connectivity index (χ1) is 6.45. The second kappa shape index (κ2) is 4.13. The van der Waals surface area contributed by atoms with Gasteiger partial charge in [0, 0.05) is 0 Å². The molecular weight excluding hydrogens is 192 g/mol. The number of rotatable bonds is 3. The first-order valence-electron chi connectivity index (χ1n) is 4.91. The van der Waals surface area contributed by atoms with Crippen molar-refractivity contribution < 1.29 is 9.53 Å². The van der Waals surface area contributed by atoms with Gasteiger partial charge < -0.3 is 4.74 Å². The first kappa shape index (κ1) is 11.2. The molecule has 0 spiro atoms. The van der Waals surface area contributed by atoms with Gasteiger partial charge in [-0.2, -0.15) is 0 Å². The lowest BCUT2D eigenvalue weighted by molar-refractivity contribution is -0.139. The van der Waals surface area contributed by atoms with E-state index in [0.717, 1.165) is 6.42 Å². The van der Waals surface area contributed by atoms with E-state index in [1.54, 1.807) is 0 Å². The standard InChI is InChI=1S/C11H18O2Si/c1-13-11(12)8-9-6-5-7-10(9)14(2,3)4/h5-6H,7-8H2,1-4H3. The van der Waals surface area contributed by atoms with Crippen LogP contribution in [0, 0.1) is 0 Å². The van der Waals surface area contributed by atoms with E-state index in [-0.39, 0.29) is 5.97 Å². The zero-order chi connectivity index (χ0) is 10.8. The van der Waals surface area contributed by atoms with Crippen LogP contribution >= 0.6 is 0 Å². The fourth-order valence-electron chi connectivity index (χ4n) is 1.73. The Morgan fingerprint density at radius 1 is 1.50 bits per heavy atom. The lowest BCUT2D eigenvalue weighted by atomic mass is 10.2. The second-order valence-electron chi connectivity index (χ2n) is 4.61. The molecule has 0 aromatic carbocycles. The maximum atomic E-state index is 11.2. The molecule has 0 saturated carbocycles. The largest absolute Gasteiger partial charge is 0.469 e. The van der Waals surface area contributed by atoms with Gasteiger partial charge in [-0.1, -0.05) is 37.0 Å². The van der Waals surface area contributed by atoms with Crippen LogP contribution in [0.2, 0.25) is 19.6 Å². The minimum atomic E-state index is -1.26. The van der Waals surface area contributed by atoms with Crippen LogP contribution in [0.3, 0.4) is 0 Å². The Bertz CT molecular complexity index is 295. The Labute approximate surface area is 86.7 Å². The monoisotopic (exact) mass is 210 g/mol. The summed E-state index contributed by atoms with van der Waals surface area (Å²) >= 11 is 0. The van der Waals surface area contributed by atoms with Crippen molar-refractivity contribution in [2.75, 3.05) is 7.11 Å². The van der Waals surface area contributed by atoms with Gasteiger partial charge in [0.25, 0.3) is 0 Å². The average Bonchev–Trinajstić information content (AvgIpc) is 2.51. The highest BCUT2D eigenvalue weighted by atomic mass is 28.3. The molecule has 0 N–H and O–H groups in total. The van der Waals surface area contributed by atoms with Crippen LogP contribution in [-0.4, -0.2) is 21.2 Å². The predicted molar refractivity (Wildman–Crippen MR) is 60.8 cm³/mol. The maximum absolute atomic E-state index is 11.2. The van der Waals surface area contributed by atoms with Crippen molar-refractivity contribution in [2.45, 2.75) is 32.5 Å². The summed E-state index contributed by atoms with van der Waals surface area (Å²) in [6, 6.07) is 0. The molecule has 0 aliphatic heterocycles. The van der Waals surface area contributed by atoms with Crippen LogP contribution < -0.4 is 0 Å². The summed E-state index contributed by atoms with van der Waals surface area (Å²) in [5, 5.41) is 1.49. The third-order valence-corrected chi connectivity index (χ3v) is 4.83. The summed E-state index contributed by atoms with van der Waals surface area (Å²) in [7, 11) is 0.183. The molecule has 0 aromatic rings. The number of hydrogen-bond acceptors (Lipinski definition) is 2. The number of hydrogen-bond donors (Lipinski definition) is 0. The van der Waals surface area contributed by atoms with Crippen molar-refractivity contribution in [3.8, 4) is 0 Å². The molecule has 14 heavy (non-hydrogen) atoms. The topological polar surface area (TPSA) is 26.3 Å². The van der Waals surface area contributed by atoms with Crippen LogP contribution in [0.15, 0.2) is 22.9 Å². The van der Waals surface area contributed by atoms with Gasteiger partial charge in [-0.3, -0.25) is 4.79 Å². The SMILES string of the molecule is COC(=O)CC1=C([Si](C)(C)C)CC=C1. The quantitative estimate of drug-likeness (QED) is 0.529. The van der Waals surface area contributed by atoms with E-state index in [9.17, 15) is 4.79 Å². The summed E-state index contributed by atoms with van der Waals surface area (Å²) in [5.74, 6) is -0.137. The van der Waals surface area contributed by atoms with Crippen molar-refractivity contribution in [2.24, 2.45) is 0 Å². The molecule has 0 amide bonds. The van der Waals surface area contributed by atoms with Gasteiger partial charge in [0.15, 0.2) is 0 Å². The lowest BCUT2D eigenvalue weighted by Crippen LogP contribution is -2.24. The molecule has 78 valence electrons. The molecule has 0 saturated heterocycles. The van der Waals surface area contributed by atoms with Crippen LogP contribution in [0.5, 0.6) is 0 Å². The normalized spacial score (nSPS) is 16.3. The molecular formula is C11H18O2Si. The van der Waals surface area contributed by atoms with E-state index >= 15 is 0 Å². The van der Waals surface area contributed by atoms with E-state index in [2.05, 4.69) is 36.5 Å². The minimum Gasteiger partial charge on any atom is -0.469 e. The van der Waals surface area contributed by atoms with Gasteiger partial charge in [-0.25, -0.2) is 0 Å². The summed E-state index contributed by atoms with van der Waals surface area (Å²) in [6.45, 7) is 6.94. The highest BCUT2D eigenvalue weighted by molar-refractivity contribution is 6.83. The third kappa shape index (κ3) is 2.58. The third-order valence-electron chi connectivity index (χ3n) is 2.50. The number of esters is 1. The molecule has 1 rings (SSSR count). The molecule has 0 heterocycles. The van der Waals surface area contributed by atoms with Crippen LogP contribution in [0.25, 0.3) is 0 Å². The number of carbonyl (C=O) groups is 1. The minimum absolute atomic E-state index is 0.137. The van der Waals surface area contributed by atoms with E-state index in [1.165, 1.54) is 17.9 Å². The molecule has 0 unspecified atom stereocenters. The first-order valence-corrected chi connectivity index (χ1v) is 8.41. The second-order valence-corrected chi connectivity index (χ2v) is 9.72. The summed E-state index contributed by atoms with van der Waals surface area (Å²) < 4.78 is 4.68. The fourth-order valence-corrected chi connectivity index (χ4v) is 3.60. The molecule has 0 bridgehead atoms. The smallest absolute Gasteiger partial charge is 0.309 e. The van der Waals surface area contributed by atoms with Gasteiger partial charge in [0.1, 0.15) is 0 Å². The average molecular weight is 210 g/mol. The number of ether oxygens (including phenoxy) is 1. The predicted octanol–water partition coefficient (Wildman–Crippen LogP) is 2.68. The van der Waals surface area contributed by atoms with Gasteiger partial charge in [0.2, 0.25) is 0 Å². The van der Waals surface area contributed by atoms with Gasteiger partial charge in [-0.05, 0) is 12.0 Å². The summed E-state index contributed by atoms with van der Waals surface area (Å²) in [5.41, 5.74) is 1.19. The Balaban J connectivity index is 2.82. The van der Waals surface area contributed by atoms with Gasteiger partial charge >= 0.3 is 5.97 Å². The molecule has 1 aliphatic carbocycles. The van der Waals surface area contributed by atoms with Crippen molar-refractivity contribution in [1.29, 1.82) is 0 Å². The van der Waals surface area contributed by atoms with E-state index in [4.69, 9.17) is 0 Å². The fraction of sp³-hybridized carbons (Fsp3) is 0.545. The van der Waals surface area contributed by atoms with Crippen LogP contribution in [-0.2, 0) is 9.53 Å². The highest BCUT2D eigenvalue weighted by Crippen LogP contribution is 2.29. The Hall–Kier alpha value is -0.833. The molecule has 0 aromatic heterocycles. The van der Waals surface area contributed by atoms with Crippen molar-refractivity contribution in [3.05, 3.63) is 22.9 Å². The van der Waals surface area contributed by atoms with E-state index in [1.807, 2.05) is 0 Å². The van der Waals surface area contributed by atoms with Crippen LogP contribution in [0.1, 0.15) is 12.8 Å². The van der Waals surface area contributed by atoms with Crippen molar-refractivity contribution >= 4 is 14.0 Å². The molecule has 3 heteroatoms. The summed E-state index contributed by atoms with van der Waals surface area (Å²) in [6.07, 6.45) is 5.69. The summed E-state index contributed by atoms with van der Waals surface area (Å²) in [4.78, 5) is 11.2. The lowest BCUT2D eigenvalue weighted by Gasteiger charge is -2.20. The Morgan fingerprint density at radius 2 is 2.14 bits per heavy atom. The molecule has 0 radical (unpaired) electrons. The maximum Gasteiger partial charge on any atom is 0.309 e. The Morgan fingerprint density at radius 3 is 2.64 bits per heavy atom. The number of methoxy groups -OCH3 is 1. The van der Waals surface area contributed by atoms with Crippen molar-refractivity contribution in [3.63, 3.8) is 0 Å². The Kier molecular flexibility index (Phi) is 3.32. The van der Waals surface area contributed by atoms with Gasteiger partial charge in [0.05, 0.1) is 21.6 Å². The zero-order valence-corrected chi connectivity index (χ0v) is 10.4. The number of allylic oxidation sites excluding steroid dienone is 3. The zero-order valence-electron chi connectivity index (χ0n) is 9.39. The number of carbonyl (C=O) groups excluding carboxylic acids is 1. The highest BCUT2D eigenvalue weighted by Gasteiger charge is 2.24. The van der Waals surface area contributed by atoms with Crippen LogP contribution in [0.4, 0.5) is 0 Å². The molecule has 0 fully saturated rings. The molecule has 0 atom stereocenters. The molecule has 2 nitrogen and oxygen atoms in total. The van der Waals surface area contributed by atoms with Crippen molar-refractivity contribution in [1.82, 2.24) is 0 Å². The van der Waals surface area contributed by atoms with E-state index < -0.39 is 8.07 Å².